The minimum Gasteiger partial charge on any atom is -0.376 e. The topological polar surface area (TPSA) is 72.3 Å². The molecule has 3 aromatic rings. The van der Waals surface area contributed by atoms with Gasteiger partial charge in [0, 0.05) is 54.9 Å². The molecule has 2 aromatic heterocycles. The number of carbonyl (C=O) groups excluding carboxylic acids is 1. The van der Waals surface area contributed by atoms with Crippen molar-refractivity contribution in [1.29, 1.82) is 0 Å². The summed E-state index contributed by atoms with van der Waals surface area (Å²) in [5, 5.41) is 10.0. The molecule has 7 heteroatoms. The number of nitrogens with zero attached hydrogens (tertiary/aromatic N) is 4. The molecule has 2 aliphatic heterocycles. The van der Waals surface area contributed by atoms with Crippen molar-refractivity contribution in [3.63, 3.8) is 0 Å². The lowest BCUT2D eigenvalue weighted by molar-refractivity contribution is 0.0895. The number of ether oxygens (including phenoxy) is 1. The van der Waals surface area contributed by atoms with Gasteiger partial charge in [-0.2, -0.15) is 5.10 Å². The number of pyridine rings is 1. The third kappa shape index (κ3) is 4.07. The largest absolute Gasteiger partial charge is 0.376 e. The first-order valence-electron chi connectivity index (χ1n) is 11.2. The molecule has 0 radical (unpaired) electrons. The molecule has 31 heavy (non-hydrogen) atoms. The van der Waals surface area contributed by atoms with Crippen LogP contribution in [-0.4, -0.2) is 51.3 Å². The molecule has 5 rings (SSSR count). The number of carbonyl (C=O) groups is 1. The van der Waals surface area contributed by atoms with Crippen LogP contribution in [-0.2, 0) is 30.9 Å². The van der Waals surface area contributed by atoms with E-state index in [9.17, 15) is 4.79 Å². The Morgan fingerprint density at radius 2 is 2.19 bits per heavy atom. The summed E-state index contributed by atoms with van der Waals surface area (Å²) in [7, 11) is 0. The van der Waals surface area contributed by atoms with Crippen molar-refractivity contribution < 1.29 is 9.53 Å². The summed E-state index contributed by atoms with van der Waals surface area (Å²) < 4.78 is 7.83. The van der Waals surface area contributed by atoms with Gasteiger partial charge in [0.1, 0.15) is 5.69 Å². The zero-order valence-electron chi connectivity index (χ0n) is 18.0. The monoisotopic (exact) mass is 419 g/mol. The quantitative estimate of drug-likeness (QED) is 0.689. The van der Waals surface area contributed by atoms with Crippen LogP contribution in [0.5, 0.6) is 0 Å². The van der Waals surface area contributed by atoms with Crippen LogP contribution in [0.15, 0.2) is 36.5 Å². The second kappa shape index (κ2) is 8.77. The van der Waals surface area contributed by atoms with Crippen LogP contribution >= 0.6 is 0 Å². The molecule has 1 saturated heterocycles. The minimum absolute atomic E-state index is 0.0929. The van der Waals surface area contributed by atoms with Gasteiger partial charge in [-0.3, -0.25) is 19.4 Å². The fourth-order valence-electron chi connectivity index (χ4n) is 4.85. The molecular formula is C24H29N5O2. The van der Waals surface area contributed by atoms with Crippen molar-refractivity contribution in [2.75, 3.05) is 19.7 Å². The van der Waals surface area contributed by atoms with Crippen molar-refractivity contribution in [3.8, 4) is 0 Å². The number of aromatic nitrogens is 3. The summed E-state index contributed by atoms with van der Waals surface area (Å²) in [6.45, 7) is 7.11. The van der Waals surface area contributed by atoms with E-state index in [0.717, 1.165) is 68.5 Å². The summed E-state index contributed by atoms with van der Waals surface area (Å²) >= 11 is 0. The Labute approximate surface area is 182 Å². The number of benzene rings is 1. The Balaban J connectivity index is 1.28. The van der Waals surface area contributed by atoms with Gasteiger partial charge in [0.25, 0.3) is 5.91 Å². The number of amides is 1. The number of likely N-dealkylation sites (tertiary alicyclic amines) is 1. The van der Waals surface area contributed by atoms with Crippen LogP contribution in [0.25, 0.3) is 10.8 Å². The summed E-state index contributed by atoms with van der Waals surface area (Å²) in [6, 6.07) is 9.95. The lowest BCUT2D eigenvalue weighted by Crippen LogP contribution is -2.47. The Morgan fingerprint density at radius 3 is 3.10 bits per heavy atom. The Morgan fingerprint density at radius 1 is 1.29 bits per heavy atom. The molecule has 1 aromatic carbocycles. The lowest BCUT2D eigenvalue weighted by Gasteiger charge is -2.33. The van der Waals surface area contributed by atoms with Gasteiger partial charge in [0.15, 0.2) is 0 Å². The molecule has 0 aliphatic carbocycles. The zero-order chi connectivity index (χ0) is 21.2. The average Bonchev–Trinajstić information content (AvgIpc) is 3.16. The van der Waals surface area contributed by atoms with Crippen molar-refractivity contribution in [1.82, 2.24) is 25.0 Å². The van der Waals surface area contributed by atoms with Gasteiger partial charge in [-0.1, -0.05) is 24.3 Å². The Hall–Kier alpha value is -2.77. The van der Waals surface area contributed by atoms with Gasteiger partial charge >= 0.3 is 0 Å². The van der Waals surface area contributed by atoms with Crippen molar-refractivity contribution in [2.24, 2.45) is 0 Å². The van der Waals surface area contributed by atoms with E-state index in [4.69, 9.17) is 9.84 Å². The molecule has 2 aliphatic rings. The molecule has 4 heterocycles. The van der Waals surface area contributed by atoms with Crippen LogP contribution < -0.4 is 5.32 Å². The van der Waals surface area contributed by atoms with Gasteiger partial charge in [-0.25, -0.2) is 0 Å². The second-order valence-corrected chi connectivity index (χ2v) is 8.42. The maximum absolute atomic E-state index is 13.0. The Bertz CT molecular complexity index is 1090. The fraction of sp³-hybridized carbons (Fsp3) is 0.458. The van der Waals surface area contributed by atoms with E-state index < -0.39 is 0 Å². The van der Waals surface area contributed by atoms with Crippen molar-refractivity contribution >= 4 is 16.7 Å². The lowest BCUT2D eigenvalue weighted by atomic mass is 10.0. The van der Waals surface area contributed by atoms with Crippen LogP contribution in [0.1, 0.15) is 47.2 Å². The van der Waals surface area contributed by atoms with Crippen LogP contribution in [0.3, 0.4) is 0 Å². The smallest absolute Gasteiger partial charge is 0.270 e. The summed E-state index contributed by atoms with van der Waals surface area (Å²) in [5.74, 6) is -0.0929. The van der Waals surface area contributed by atoms with Crippen LogP contribution in [0.4, 0.5) is 0 Å². The van der Waals surface area contributed by atoms with E-state index in [1.54, 1.807) is 6.20 Å². The molecule has 1 N–H and O–H groups in total. The Kier molecular flexibility index (Phi) is 5.70. The number of hydrogen-bond donors (Lipinski definition) is 1. The number of fused-ring (bicyclic) bond motifs is 2. The summed E-state index contributed by atoms with van der Waals surface area (Å²) in [5.41, 5.74) is 4.22. The number of nitrogens with one attached hydrogen (secondary N) is 1. The molecule has 1 amide bonds. The highest BCUT2D eigenvalue weighted by atomic mass is 16.5. The molecule has 0 spiro atoms. The highest BCUT2D eigenvalue weighted by molar-refractivity contribution is 6.05. The molecule has 0 bridgehead atoms. The number of hydrogen-bond acceptors (Lipinski definition) is 5. The highest BCUT2D eigenvalue weighted by Gasteiger charge is 2.26. The van der Waals surface area contributed by atoms with Gasteiger partial charge < -0.3 is 10.1 Å². The number of piperidine rings is 1. The summed E-state index contributed by atoms with van der Waals surface area (Å²) in [6.07, 6.45) is 4.69. The molecule has 0 saturated carbocycles. The first-order chi connectivity index (χ1) is 15.2. The molecule has 1 unspecified atom stereocenters. The van der Waals surface area contributed by atoms with E-state index in [1.807, 2.05) is 30.3 Å². The predicted molar refractivity (Wildman–Crippen MR) is 119 cm³/mol. The maximum Gasteiger partial charge on any atom is 0.270 e. The number of aryl methyl sites for hydroxylation is 1. The van der Waals surface area contributed by atoms with Gasteiger partial charge in [-0.05, 0) is 37.8 Å². The van der Waals surface area contributed by atoms with Gasteiger partial charge in [0.2, 0.25) is 0 Å². The van der Waals surface area contributed by atoms with Gasteiger partial charge in [0.05, 0.1) is 18.9 Å². The van der Waals surface area contributed by atoms with E-state index in [-0.39, 0.29) is 11.9 Å². The molecular weight excluding hydrogens is 390 g/mol. The molecule has 7 nitrogen and oxygen atoms in total. The van der Waals surface area contributed by atoms with E-state index in [1.165, 1.54) is 11.3 Å². The second-order valence-electron chi connectivity index (χ2n) is 8.42. The van der Waals surface area contributed by atoms with Crippen LogP contribution in [0.2, 0.25) is 0 Å². The standard InChI is InChI=1S/C24H29N5O2/c1-2-29-22-10-13-31-16-20(22)21(27-29)15-28-12-5-7-18(14-28)26-24(30)23-19-8-4-3-6-17(19)9-11-25-23/h3-4,6,8-9,11,18H,2,5,7,10,12-16H2,1H3,(H,26,30). The third-order valence-corrected chi connectivity index (χ3v) is 6.38. The van der Waals surface area contributed by atoms with E-state index in [2.05, 4.69) is 26.8 Å². The SMILES string of the molecule is CCn1nc(CN2CCCC(NC(=O)c3nccc4ccccc34)C2)c2c1CCOC2. The number of rotatable bonds is 5. The predicted octanol–water partition coefficient (Wildman–Crippen LogP) is 2.92. The molecule has 1 fully saturated rings. The van der Waals surface area contributed by atoms with Crippen LogP contribution in [0, 0.1) is 0 Å². The molecule has 1 atom stereocenters. The maximum atomic E-state index is 13.0. The average molecular weight is 420 g/mol. The third-order valence-electron chi connectivity index (χ3n) is 6.38. The van der Waals surface area contributed by atoms with Gasteiger partial charge in [-0.15, -0.1) is 0 Å². The zero-order valence-corrected chi connectivity index (χ0v) is 18.0. The normalized spacial score (nSPS) is 19.3. The highest BCUT2D eigenvalue weighted by Crippen LogP contribution is 2.24. The minimum atomic E-state index is -0.0929. The first-order valence-corrected chi connectivity index (χ1v) is 11.2. The first kappa shape index (κ1) is 20.2. The van der Waals surface area contributed by atoms with Crippen molar-refractivity contribution in [2.45, 2.75) is 51.9 Å². The van der Waals surface area contributed by atoms with E-state index >= 15 is 0 Å². The van der Waals surface area contributed by atoms with Crippen molar-refractivity contribution in [3.05, 3.63) is 59.2 Å². The van der Waals surface area contributed by atoms with E-state index in [0.29, 0.717) is 12.3 Å². The fourth-order valence-corrected chi connectivity index (χ4v) is 4.85. The summed E-state index contributed by atoms with van der Waals surface area (Å²) in [4.78, 5) is 19.8. The molecule has 162 valence electrons.